The molecular formula is C21H18N2O3S. The van der Waals surface area contributed by atoms with Crippen molar-refractivity contribution >= 4 is 38.3 Å². The number of hydrogen-bond donors (Lipinski definition) is 1. The molecule has 6 heteroatoms. The predicted molar refractivity (Wildman–Crippen MR) is 109 cm³/mol. The normalized spacial score (nSPS) is 12.5. The van der Waals surface area contributed by atoms with E-state index in [4.69, 9.17) is 0 Å². The van der Waals surface area contributed by atoms with Crippen LogP contribution in [0.5, 0.6) is 0 Å². The Kier molecular flexibility index (Phi) is 4.28. The minimum absolute atomic E-state index is 0.295. The van der Waals surface area contributed by atoms with Crippen molar-refractivity contribution < 1.29 is 9.90 Å². The van der Waals surface area contributed by atoms with E-state index in [1.165, 1.54) is 22.8 Å². The zero-order valence-corrected chi connectivity index (χ0v) is 15.8. The Hall–Kier alpha value is -2.99. The maximum Gasteiger partial charge on any atom is 0.326 e. The van der Waals surface area contributed by atoms with Gasteiger partial charge in [-0.05, 0) is 29.3 Å². The number of aryl methyl sites for hydroxylation is 1. The zero-order chi connectivity index (χ0) is 19.1. The maximum absolute atomic E-state index is 13.2. The highest BCUT2D eigenvalue weighted by atomic mass is 32.1. The first-order chi connectivity index (χ1) is 13.0. The highest BCUT2D eigenvalue weighted by molar-refractivity contribution is 7.17. The van der Waals surface area contributed by atoms with E-state index in [1.807, 2.05) is 48.7 Å². The van der Waals surface area contributed by atoms with Crippen molar-refractivity contribution in [1.82, 2.24) is 9.55 Å². The van der Waals surface area contributed by atoms with E-state index in [2.05, 4.69) is 11.1 Å². The van der Waals surface area contributed by atoms with Gasteiger partial charge in [-0.25, -0.2) is 9.78 Å². The summed E-state index contributed by atoms with van der Waals surface area (Å²) in [5.41, 5.74) is 1.43. The summed E-state index contributed by atoms with van der Waals surface area (Å²) < 4.78 is 1.31. The van der Waals surface area contributed by atoms with Crippen LogP contribution >= 0.6 is 11.3 Å². The number of nitrogens with zero attached hydrogens (tertiary/aromatic N) is 2. The molecule has 0 saturated heterocycles. The lowest BCUT2D eigenvalue weighted by atomic mass is 10.0. The van der Waals surface area contributed by atoms with E-state index >= 15 is 0 Å². The Bertz CT molecular complexity index is 1240. The van der Waals surface area contributed by atoms with Gasteiger partial charge in [-0.15, -0.1) is 11.3 Å². The fourth-order valence-corrected chi connectivity index (χ4v) is 4.33. The molecule has 5 nitrogen and oxygen atoms in total. The highest BCUT2D eigenvalue weighted by Crippen LogP contribution is 2.33. The lowest BCUT2D eigenvalue weighted by Gasteiger charge is -2.15. The second kappa shape index (κ2) is 6.63. The van der Waals surface area contributed by atoms with Gasteiger partial charge >= 0.3 is 5.97 Å². The van der Waals surface area contributed by atoms with Gasteiger partial charge in [0, 0.05) is 17.4 Å². The summed E-state index contributed by atoms with van der Waals surface area (Å²) in [5.74, 6) is -0.551. The molecule has 0 saturated carbocycles. The zero-order valence-electron chi connectivity index (χ0n) is 15.0. The number of benzene rings is 2. The number of rotatable bonds is 4. The minimum atomic E-state index is -1.05. The first-order valence-corrected chi connectivity index (χ1v) is 9.63. The van der Waals surface area contributed by atoms with Gasteiger partial charge in [-0.2, -0.15) is 0 Å². The average molecular weight is 378 g/mol. The van der Waals surface area contributed by atoms with E-state index in [0.29, 0.717) is 22.5 Å². The number of carboxylic acids is 1. The molecule has 1 N–H and O–H groups in total. The summed E-state index contributed by atoms with van der Waals surface area (Å²) in [5, 5.41) is 14.1. The molecule has 1 atom stereocenters. The highest BCUT2D eigenvalue weighted by Gasteiger charge is 2.23. The summed E-state index contributed by atoms with van der Waals surface area (Å²) >= 11 is 1.41. The molecule has 0 bridgehead atoms. The number of fused-ring (bicyclic) bond motifs is 2. The molecule has 0 fully saturated rings. The van der Waals surface area contributed by atoms with Crippen LogP contribution < -0.4 is 5.56 Å². The van der Waals surface area contributed by atoms with Crippen LogP contribution in [-0.4, -0.2) is 20.6 Å². The lowest BCUT2D eigenvalue weighted by Crippen LogP contribution is -2.31. The number of aliphatic carboxylic acids is 1. The molecule has 2 aromatic heterocycles. The van der Waals surface area contributed by atoms with E-state index < -0.39 is 12.0 Å². The van der Waals surface area contributed by atoms with Gasteiger partial charge in [0.25, 0.3) is 5.56 Å². The number of aromatic nitrogens is 2. The molecule has 0 spiro atoms. The average Bonchev–Trinajstić information content (AvgIpc) is 3.11. The van der Waals surface area contributed by atoms with Crippen molar-refractivity contribution in [3.63, 3.8) is 0 Å². The van der Waals surface area contributed by atoms with Crippen LogP contribution in [0.15, 0.2) is 52.6 Å². The summed E-state index contributed by atoms with van der Waals surface area (Å²) in [6.45, 7) is 3.38. The second-order valence-electron chi connectivity index (χ2n) is 6.46. The molecule has 2 heterocycles. The summed E-state index contributed by atoms with van der Waals surface area (Å²) in [6.07, 6.45) is 0.492. The minimum Gasteiger partial charge on any atom is -0.480 e. The number of thiophene rings is 1. The van der Waals surface area contributed by atoms with E-state index in [1.54, 1.807) is 0 Å². The summed E-state index contributed by atoms with van der Waals surface area (Å²) in [6, 6.07) is 13.1. The van der Waals surface area contributed by atoms with Gasteiger partial charge in [-0.1, -0.05) is 43.3 Å². The van der Waals surface area contributed by atoms with E-state index in [9.17, 15) is 14.7 Å². The number of carboxylic acid groups (broad SMARTS) is 1. The molecule has 27 heavy (non-hydrogen) atoms. The van der Waals surface area contributed by atoms with Crippen molar-refractivity contribution in [1.29, 1.82) is 0 Å². The molecule has 4 aromatic rings. The van der Waals surface area contributed by atoms with Gasteiger partial charge in [0.05, 0.1) is 5.39 Å². The smallest absolute Gasteiger partial charge is 0.326 e. The third-order valence-corrected chi connectivity index (χ3v) is 5.71. The van der Waals surface area contributed by atoms with Crippen LogP contribution in [0.4, 0.5) is 0 Å². The van der Waals surface area contributed by atoms with Gasteiger partial charge in [-0.3, -0.25) is 9.36 Å². The summed E-state index contributed by atoms with van der Waals surface area (Å²) in [7, 11) is 0. The fourth-order valence-electron chi connectivity index (χ4n) is 3.37. The predicted octanol–water partition coefficient (Wildman–Crippen LogP) is 4.49. The molecule has 2 aromatic carbocycles. The van der Waals surface area contributed by atoms with Gasteiger partial charge in [0.1, 0.15) is 16.7 Å². The second-order valence-corrected chi connectivity index (χ2v) is 7.32. The standard InChI is InChI=1S/C21H18N2O3S/c1-3-17-22-19-18(20(24)23(17)12(2)21(25)26)16(11-27-19)15-9-8-13-6-4-5-7-14(13)10-15/h4-12H,3H2,1-2H3,(H,25,26). The van der Waals surface area contributed by atoms with Gasteiger partial charge in [0.15, 0.2) is 0 Å². The monoisotopic (exact) mass is 378 g/mol. The molecule has 0 radical (unpaired) electrons. The molecule has 136 valence electrons. The van der Waals surface area contributed by atoms with Crippen molar-refractivity contribution in [2.75, 3.05) is 0 Å². The van der Waals surface area contributed by atoms with Crippen LogP contribution in [0.3, 0.4) is 0 Å². The quantitative estimate of drug-likeness (QED) is 0.568. The maximum atomic E-state index is 13.2. The molecular weight excluding hydrogens is 360 g/mol. The molecule has 4 rings (SSSR count). The van der Waals surface area contributed by atoms with Gasteiger partial charge < -0.3 is 5.11 Å². The van der Waals surface area contributed by atoms with E-state index in [0.717, 1.165) is 21.9 Å². The third kappa shape index (κ3) is 2.82. The largest absolute Gasteiger partial charge is 0.480 e. The summed E-state index contributed by atoms with van der Waals surface area (Å²) in [4.78, 5) is 30.0. The van der Waals surface area contributed by atoms with Crippen molar-refractivity contribution in [3.8, 4) is 11.1 Å². The van der Waals surface area contributed by atoms with Gasteiger partial charge in [0.2, 0.25) is 0 Å². The molecule has 1 unspecified atom stereocenters. The van der Waals surface area contributed by atoms with Crippen LogP contribution in [0.25, 0.3) is 32.1 Å². The Labute approximate surface area is 159 Å². The lowest BCUT2D eigenvalue weighted by molar-refractivity contribution is -0.140. The Balaban J connectivity index is 2.00. The molecule has 0 amide bonds. The first kappa shape index (κ1) is 17.4. The Morgan fingerprint density at radius 2 is 1.96 bits per heavy atom. The SMILES string of the molecule is CCc1nc2scc(-c3ccc4ccccc4c3)c2c(=O)n1C(C)C(=O)O. The fraction of sp³-hybridized carbons (Fsp3) is 0.190. The number of carbonyl (C=O) groups is 1. The van der Waals surface area contributed by atoms with Crippen LogP contribution in [0.1, 0.15) is 25.7 Å². The number of hydrogen-bond acceptors (Lipinski definition) is 4. The van der Waals surface area contributed by atoms with Crippen molar-refractivity contribution in [2.24, 2.45) is 0 Å². The van der Waals surface area contributed by atoms with Crippen LogP contribution in [-0.2, 0) is 11.2 Å². The topological polar surface area (TPSA) is 72.2 Å². The van der Waals surface area contributed by atoms with Crippen molar-refractivity contribution in [3.05, 3.63) is 64.0 Å². The first-order valence-electron chi connectivity index (χ1n) is 8.76. The van der Waals surface area contributed by atoms with Crippen molar-refractivity contribution in [2.45, 2.75) is 26.3 Å². The van der Waals surface area contributed by atoms with E-state index in [-0.39, 0.29) is 5.56 Å². The Morgan fingerprint density at radius 1 is 1.22 bits per heavy atom. The Morgan fingerprint density at radius 3 is 2.67 bits per heavy atom. The van der Waals surface area contributed by atoms with Crippen LogP contribution in [0.2, 0.25) is 0 Å². The molecule has 0 aliphatic heterocycles. The molecule has 0 aliphatic rings. The third-order valence-electron chi connectivity index (χ3n) is 4.83. The molecule has 0 aliphatic carbocycles. The van der Waals surface area contributed by atoms with Crippen LogP contribution in [0, 0.1) is 0 Å².